The van der Waals surface area contributed by atoms with Gasteiger partial charge in [0.25, 0.3) is 0 Å². The zero-order chi connectivity index (χ0) is 14.5. The first kappa shape index (κ1) is 15.0. The van der Waals surface area contributed by atoms with Crippen molar-refractivity contribution in [2.75, 3.05) is 19.3 Å². The van der Waals surface area contributed by atoms with E-state index in [0.29, 0.717) is 18.2 Å². The maximum atomic E-state index is 11.7. The van der Waals surface area contributed by atoms with E-state index in [-0.39, 0.29) is 24.0 Å². The average Bonchev–Trinajstić information content (AvgIpc) is 2.94. The molecule has 0 aromatic rings. The molecule has 0 bridgehead atoms. The van der Waals surface area contributed by atoms with Gasteiger partial charge in [0.05, 0.1) is 18.6 Å². The molecule has 2 heterocycles. The van der Waals surface area contributed by atoms with Gasteiger partial charge in [-0.15, -0.1) is 6.42 Å². The van der Waals surface area contributed by atoms with Crippen LogP contribution in [0.3, 0.4) is 0 Å². The van der Waals surface area contributed by atoms with Crippen molar-refractivity contribution in [1.82, 2.24) is 15.5 Å². The normalized spacial score (nSPS) is 27.4. The smallest absolute Gasteiger partial charge is 0.315 e. The summed E-state index contributed by atoms with van der Waals surface area (Å²) in [7, 11) is 1.74. The third-order valence-electron chi connectivity index (χ3n) is 3.82. The molecule has 2 saturated heterocycles. The van der Waals surface area contributed by atoms with Gasteiger partial charge in [0.1, 0.15) is 0 Å². The summed E-state index contributed by atoms with van der Waals surface area (Å²) in [4.78, 5) is 24.6. The summed E-state index contributed by atoms with van der Waals surface area (Å²) in [5.74, 6) is 3.56. The Labute approximate surface area is 124 Å². The van der Waals surface area contributed by atoms with Crippen molar-refractivity contribution in [3.8, 4) is 12.3 Å². The van der Waals surface area contributed by atoms with Crippen LogP contribution in [0, 0.1) is 12.3 Å². The molecule has 0 aromatic heterocycles. The third-order valence-corrected chi connectivity index (χ3v) is 5.33. The summed E-state index contributed by atoms with van der Waals surface area (Å²) in [5.41, 5.74) is 0. The van der Waals surface area contributed by atoms with Crippen molar-refractivity contribution in [2.24, 2.45) is 0 Å². The fraction of sp³-hybridized carbons (Fsp3) is 0.714. The fourth-order valence-electron chi connectivity index (χ4n) is 2.68. The first-order chi connectivity index (χ1) is 9.61. The fourth-order valence-corrected chi connectivity index (χ4v) is 4.22. The molecule has 2 fully saturated rings. The van der Waals surface area contributed by atoms with Crippen molar-refractivity contribution in [2.45, 2.75) is 43.0 Å². The minimum absolute atomic E-state index is 0.0450. The van der Waals surface area contributed by atoms with Gasteiger partial charge in [0.2, 0.25) is 5.91 Å². The van der Waals surface area contributed by atoms with Crippen molar-refractivity contribution in [3.63, 3.8) is 0 Å². The zero-order valence-electron chi connectivity index (χ0n) is 11.7. The zero-order valence-corrected chi connectivity index (χ0v) is 12.5. The van der Waals surface area contributed by atoms with Gasteiger partial charge in [0, 0.05) is 24.5 Å². The third kappa shape index (κ3) is 3.60. The molecule has 0 aliphatic carbocycles. The Morgan fingerprint density at radius 1 is 1.50 bits per heavy atom. The van der Waals surface area contributed by atoms with Crippen LogP contribution >= 0.6 is 11.8 Å². The highest BCUT2D eigenvalue weighted by molar-refractivity contribution is 8.00. The molecule has 2 rings (SSSR count). The van der Waals surface area contributed by atoms with E-state index in [0.717, 1.165) is 25.0 Å². The van der Waals surface area contributed by atoms with E-state index in [1.165, 1.54) is 0 Å². The van der Waals surface area contributed by atoms with Gasteiger partial charge >= 0.3 is 6.03 Å². The van der Waals surface area contributed by atoms with E-state index < -0.39 is 0 Å². The lowest BCUT2D eigenvalue weighted by atomic mass is 10.0. The SMILES string of the molecule is C#CCN(C)C(=O)CCCC[C@@H]1SC[C@@H]2NC(=O)N[C@@H]21. The number of carbonyl (C=O) groups is 2. The lowest BCUT2D eigenvalue weighted by molar-refractivity contribution is -0.129. The van der Waals surface area contributed by atoms with Gasteiger partial charge < -0.3 is 15.5 Å². The van der Waals surface area contributed by atoms with Gasteiger partial charge in [-0.1, -0.05) is 12.3 Å². The Morgan fingerprint density at radius 3 is 3.05 bits per heavy atom. The molecule has 3 amide bonds. The number of fused-ring (bicyclic) bond motifs is 1. The van der Waals surface area contributed by atoms with Gasteiger partial charge in [0.15, 0.2) is 0 Å². The number of hydrogen-bond donors (Lipinski definition) is 2. The molecule has 110 valence electrons. The molecule has 3 atom stereocenters. The number of unbranched alkanes of at least 4 members (excludes halogenated alkanes) is 1. The summed E-state index contributed by atoms with van der Waals surface area (Å²) in [6, 6.07) is 0.490. The number of thioether (sulfide) groups is 1. The highest BCUT2D eigenvalue weighted by atomic mass is 32.2. The molecule has 0 unspecified atom stereocenters. The molecule has 2 N–H and O–H groups in total. The van der Waals surface area contributed by atoms with Crippen LogP contribution in [-0.2, 0) is 4.79 Å². The second-order valence-corrected chi connectivity index (χ2v) is 6.59. The maximum absolute atomic E-state index is 11.7. The Bertz CT molecular complexity index is 421. The first-order valence-corrected chi connectivity index (χ1v) is 8.02. The molecule has 0 spiro atoms. The molecule has 2 aliphatic rings. The first-order valence-electron chi connectivity index (χ1n) is 6.98. The summed E-state index contributed by atoms with van der Waals surface area (Å²) in [6.45, 7) is 0.374. The largest absolute Gasteiger partial charge is 0.335 e. The van der Waals surface area contributed by atoms with Crippen molar-refractivity contribution in [3.05, 3.63) is 0 Å². The van der Waals surface area contributed by atoms with Crippen LogP contribution in [-0.4, -0.2) is 53.5 Å². The Balaban J connectivity index is 1.63. The highest BCUT2D eigenvalue weighted by Crippen LogP contribution is 2.33. The molecule has 0 radical (unpaired) electrons. The summed E-state index contributed by atoms with van der Waals surface area (Å²) in [5, 5.41) is 6.39. The van der Waals surface area contributed by atoms with Gasteiger partial charge in [-0.25, -0.2) is 4.79 Å². The number of hydrogen-bond acceptors (Lipinski definition) is 3. The molecular weight excluding hydrogens is 274 g/mol. The van der Waals surface area contributed by atoms with Crippen molar-refractivity contribution >= 4 is 23.7 Å². The van der Waals surface area contributed by atoms with E-state index in [4.69, 9.17) is 6.42 Å². The molecule has 6 heteroatoms. The Kier molecular flexibility index (Phi) is 5.18. The Hall–Kier alpha value is -1.35. The molecule has 2 aliphatic heterocycles. The molecular formula is C14H21N3O2S. The number of terminal acetylenes is 1. The van der Waals surface area contributed by atoms with Crippen LogP contribution in [0.2, 0.25) is 0 Å². The van der Waals surface area contributed by atoms with Crippen LogP contribution in [0.5, 0.6) is 0 Å². The van der Waals surface area contributed by atoms with Crippen molar-refractivity contribution in [1.29, 1.82) is 0 Å². The predicted molar refractivity (Wildman–Crippen MR) is 80.4 cm³/mol. The summed E-state index contributed by atoms with van der Waals surface area (Å²) >= 11 is 1.91. The predicted octanol–water partition coefficient (Wildman–Crippen LogP) is 0.804. The number of amides is 3. The average molecular weight is 295 g/mol. The molecule has 0 saturated carbocycles. The monoisotopic (exact) mass is 295 g/mol. The minimum Gasteiger partial charge on any atom is -0.335 e. The van der Waals surface area contributed by atoms with Gasteiger partial charge in [-0.05, 0) is 12.8 Å². The van der Waals surface area contributed by atoms with E-state index in [1.54, 1.807) is 11.9 Å². The Morgan fingerprint density at radius 2 is 2.30 bits per heavy atom. The molecule has 20 heavy (non-hydrogen) atoms. The lowest BCUT2D eigenvalue weighted by Gasteiger charge is -2.17. The summed E-state index contributed by atoms with van der Waals surface area (Å²) < 4.78 is 0. The van der Waals surface area contributed by atoms with Gasteiger partial charge in [-0.2, -0.15) is 11.8 Å². The standard InChI is InChI=1S/C14H21N3O2S/c1-3-8-17(2)12(18)7-5-4-6-11-13-10(9-20-11)15-14(19)16-13/h1,10-11,13H,4-9H2,2H3,(H2,15,16,19)/t10-,11-,13-/m0/s1. The number of urea groups is 1. The molecule has 0 aromatic carbocycles. The number of carbonyl (C=O) groups excluding carboxylic acids is 2. The maximum Gasteiger partial charge on any atom is 0.315 e. The lowest BCUT2D eigenvalue weighted by Crippen LogP contribution is -2.36. The van der Waals surface area contributed by atoms with Crippen LogP contribution in [0.1, 0.15) is 25.7 Å². The van der Waals surface area contributed by atoms with Crippen LogP contribution in [0.4, 0.5) is 4.79 Å². The van der Waals surface area contributed by atoms with Crippen LogP contribution in [0.15, 0.2) is 0 Å². The van der Waals surface area contributed by atoms with Crippen LogP contribution < -0.4 is 10.6 Å². The van der Waals surface area contributed by atoms with Crippen molar-refractivity contribution < 1.29 is 9.59 Å². The topological polar surface area (TPSA) is 61.4 Å². The van der Waals surface area contributed by atoms with E-state index in [2.05, 4.69) is 16.6 Å². The minimum atomic E-state index is -0.0450. The summed E-state index contributed by atoms with van der Waals surface area (Å²) in [6.07, 6.45) is 8.65. The van der Waals surface area contributed by atoms with E-state index in [9.17, 15) is 9.59 Å². The number of rotatable bonds is 6. The van der Waals surface area contributed by atoms with E-state index >= 15 is 0 Å². The highest BCUT2D eigenvalue weighted by Gasteiger charge is 2.42. The molecule has 5 nitrogen and oxygen atoms in total. The van der Waals surface area contributed by atoms with Crippen LogP contribution in [0.25, 0.3) is 0 Å². The second-order valence-electron chi connectivity index (χ2n) is 5.32. The second kappa shape index (κ2) is 6.89. The quantitative estimate of drug-likeness (QED) is 0.433. The van der Waals surface area contributed by atoms with E-state index in [1.807, 2.05) is 11.8 Å². The number of nitrogens with one attached hydrogen (secondary N) is 2. The van der Waals surface area contributed by atoms with Gasteiger partial charge in [-0.3, -0.25) is 4.79 Å². The number of nitrogens with zero attached hydrogens (tertiary/aromatic N) is 1.